The molecule has 0 spiro atoms. The third kappa shape index (κ3) is 4.76. The normalized spacial score (nSPS) is 11.1. The van der Waals surface area contributed by atoms with Gasteiger partial charge in [0.15, 0.2) is 0 Å². The smallest absolute Gasteiger partial charge is 0.261 e. The summed E-state index contributed by atoms with van der Waals surface area (Å²) < 4.78 is 33.9. The van der Waals surface area contributed by atoms with Crippen molar-refractivity contribution in [2.75, 3.05) is 24.9 Å². The van der Waals surface area contributed by atoms with Crippen molar-refractivity contribution < 1.29 is 17.9 Å². The lowest BCUT2D eigenvalue weighted by Crippen LogP contribution is -2.26. The zero-order valence-electron chi connectivity index (χ0n) is 14.8. The Labute approximate surface area is 162 Å². The van der Waals surface area contributed by atoms with E-state index in [-0.39, 0.29) is 10.8 Å². The fourth-order valence-corrected chi connectivity index (χ4v) is 3.80. The van der Waals surface area contributed by atoms with Crippen LogP contribution in [-0.2, 0) is 10.0 Å². The summed E-state index contributed by atoms with van der Waals surface area (Å²) in [5.41, 5.74) is 0.716. The molecule has 6 nitrogen and oxygen atoms in total. The minimum atomic E-state index is -3.83. The molecule has 2 rings (SSSR count). The van der Waals surface area contributed by atoms with Gasteiger partial charge in [-0.05, 0) is 66.2 Å². The van der Waals surface area contributed by atoms with Crippen LogP contribution in [0.25, 0.3) is 0 Å². The number of nitrogens with one attached hydrogen (secondary N) is 1. The third-order valence-corrected chi connectivity index (χ3v) is 5.69. The van der Waals surface area contributed by atoms with Crippen LogP contribution < -0.4 is 9.46 Å². The number of carbonyl (C=O) groups excluding carboxylic acids is 1. The summed E-state index contributed by atoms with van der Waals surface area (Å²) in [7, 11) is -2.16. The van der Waals surface area contributed by atoms with Gasteiger partial charge in [0.1, 0.15) is 5.75 Å². The second-order valence-corrected chi connectivity index (χ2v) is 8.07. The largest absolute Gasteiger partial charge is 0.493 e. The molecule has 0 aliphatic rings. The van der Waals surface area contributed by atoms with E-state index in [2.05, 4.69) is 20.7 Å². The molecular formula is C18H21BrN2O4S. The molecule has 0 fully saturated rings. The Balaban J connectivity index is 2.28. The molecular weight excluding hydrogens is 420 g/mol. The van der Waals surface area contributed by atoms with Gasteiger partial charge in [0.25, 0.3) is 15.9 Å². The van der Waals surface area contributed by atoms with Crippen LogP contribution in [0.1, 0.15) is 24.2 Å². The molecule has 1 amide bonds. The number of rotatable bonds is 7. The Kier molecular flexibility index (Phi) is 6.66. The van der Waals surface area contributed by atoms with Gasteiger partial charge in [0.05, 0.1) is 21.7 Å². The van der Waals surface area contributed by atoms with E-state index in [4.69, 9.17) is 4.74 Å². The van der Waals surface area contributed by atoms with Gasteiger partial charge in [-0.15, -0.1) is 0 Å². The first kappa shape index (κ1) is 20.3. The van der Waals surface area contributed by atoms with E-state index >= 15 is 0 Å². The van der Waals surface area contributed by atoms with Gasteiger partial charge in [0, 0.05) is 19.2 Å². The summed E-state index contributed by atoms with van der Waals surface area (Å²) >= 11 is 3.36. The minimum absolute atomic E-state index is 0.0258. The molecule has 0 atom stereocenters. The maximum Gasteiger partial charge on any atom is 0.261 e. The average Bonchev–Trinajstić information content (AvgIpc) is 2.62. The molecule has 0 aliphatic carbocycles. The summed E-state index contributed by atoms with van der Waals surface area (Å²) in [5.74, 6) is 0.402. The molecule has 0 bridgehead atoms. The second-order valence-electron chi connectivity index (χ2n) is 5.53. The maximum absolute atomic E-state index is 12.7. The lowest BCUT2D eigenvalue weighted by Gasteiger charge is -2.15. The van der Waals surface area contributed by atoms with Crippen LogP contribution in [-0.4, -0.2) is 39.4 Å². The van der Waals surface area contributed by atoms with Crippen LogP contribution in [0.15, 0.2) is 51.8 Å². The number of hydrogen-bond acceptors (Lipinski definition) is 4. The summed E-state index contributed by atoms with van der Waals surface area (Å²) in [5, 5.41) is 0. The van der Waals surface area contributed by atoms with E-state index in [0.717, 1.165) is 0 Å². The molecule has 0 saturated carbocycles. The van der Waals surface area contributed by atoms with E-state index in [0.29, 0.717) is 34.6 Å². The molecule has 140 valence electrons. The van der Waals surface area contributed by atoms with Crippen LogP contribution >= 0.6 is 15.9 Å². The van der Waals surface area contributed by atoms with Crippen LogP contribution in [0.5, 0.6) is 5.75 Å². The number of hydrogen-bond donors (Lipinski definition) is 1. The molecule has 1 N–H and O–H groups in total. The van der Waals surface area contributed by atoms with E-state index < -0.39 is 10.0 Å². The van der Waals surface area contributed by atoms with Crippen LogP contribution in [0, 0.1) is 0 Å². The Hall–Kier alpha value is -2.06. The highest BCUT2D eigenvalue weighted by molar-refractivity contribution is 9.10. The van der Waals surface area contributed by atoms with Gasteiger partial charge >= 0.3 is 0 Å². The standard InChI is InChI=1S/C18H21BrN2O4S/c1-4-21(3)18(22)13-7-6-8-15(11-13)26(23,24)20-14-9-10-17(25-5-2)16(19)12-14/h6-12,20H,4-5H2,1-3H3. The van der Waals surface area contributed by atoms with Gasteiger partial charge in [0.2, 0.25) is 0 Å². The van der Waals surface area contributed by atoms with Gasteiger partial charge in [-0.2, -0.15) is 0 Å². The topological polar surface area (TPSA) is 75.7 Å². The van der Waals surface area contributed by atoms with Crippen molar-refractivity contribution in [3.63, 3.8) is 0 Å². The molecule has 0 unspecified atom stereocenters. The Bertz CT molecular complexity index is 900. The predicted octanol–water partition coefficient (Wildman–Crippen LogP) is 3.74. The molecule has 2 aromatic rings. The number of nitrogens with zero attached hydrogens (tertiary/aromatic N) is 1. The number of halogens is 1. The molecule has 26 heavy (non-hydrogen) atoms. The first-order valence-electron chi connectivity index (χ1n) is 8.09. The highest BCUT2D eigenvalue weighted by atomic mass is 79.9. The first-order valence-corrected chi connectivity index (χ1v) is 10.4. The van der Waals surface area contributed by atoms with Crippen molar-refractivity contribution in [1.82, 2.24) is 4.90 Å². The monoisotopic (exact) mass is 440 g/mol. The lowest BCUT2D eigenvalue weighted by molar-refractivity contribution is 0.0802. The Morgan fingerprint density at radius 2 is 1.92 bits per heavy atom. The molecule has 0 aliphatic heterocycles. The van der Waals surface area contributed by atoms with Crippen LogP contribution in [0.4, 0.5) is 5.69 Å². The highest BCUT2D eigenvalue weighted by Gasteiger charge is 2.18. The zero-order chi connectivity index (χ0) is 19.3. The molecule has 0 aromatic heterocycles. The molecule has 0 saturated heterocycles. The van der Waals surface area contributed by atoms with Crippen molar-refractivity contribution in [2.45, 2.75) is 18.7 Å². The highest BCUT2D eigenvalue weighted by Crippen LogP contribution is 2.29. The number of benzene rings is 2. The fourth-order valence-electron chi connectivity index (χ4n) is 2.21. The Morgan fingerprint density at radius 1 is 1.19 bits per heavy atom. The summed E-state index contributed by atoms with van der Waals surface area (Å²) in [6, 6.07) is 10.9. The second kappa shape index (κ2) is 8.55. The van der Waals surface area contributed by atoms with E-state index in [1.807, 2.05) is 13.8 Å². The summed E-state index contributed by atoms with van der Waals surface area (Å²) in [6.07, 6.45) is 0. The van der Waals surface area contributed by atoms with E-state index in [9.17, 15) is 13.2 Å². The van der Waals surface area contributed by atoms with Crippen molar-refractivity contribution in [2.24, 2.45) is 0 Å². The van der Waals surface area contributed by atoms with E-state index in [1.54, 1.807) is 37.4 Å². The quantitative estimate of drug-likeness (QED) is 0.711. The maximum atomic E-state index is 12.7. The van der Waals surface area contributed by atoms with Gasteiger partial charge in [-0.25, -0.2) is 8.42 Å². The zero-order valence-corrected chi connectivity index (χ0v) is 17.2. The summed E-state index contributed by atoms with van der Waals surface area (Å²) in [6.45, 7) is 4.77. The fraction of sp³-hybridized carbons (Fsp3) is 0.278. The number of sulfonamides is 1. The first-order chi connectivity index (χ1) is 12.3. The number of carbonyl (C=O) groups is 1. The van der Waals surface area contributed by atoms with E-state index in [1.165, 1.54) is 17.0 Å². The average molecular weight is 441 g/mol. The Morgan fingerprint density at radius 3 is 2.54 bits per heavy atom. The summed E-state index contributed by atoms with van der Waals surface area (Å²) in [4.78, 5) is 13.8. The van der Waals surface area contributed by atoms with Crippen LogP contribution in [0.2, 0.25) is 0 Å². The number of amides is 1. The van der Waals surface area contributed by atoms with Gasteiger partial charge < -0.3 is 9.64 Å². The molecule has 0 radical (unpaired) electrons. The molecule has 8 heteroatoms. The minimum Gasteiger partial charge on any atom is -0.493 e. The van der Waals surface area contributed by atoms with Crippen molar-refractivity contribution in [3.05, 3.63) is 52.5 Å². The third-order valence-electron chi connectivity index (χ3n) is 3.70. The van der Waals surface area contributed by atoms with Crippen molar-refractivity contribution in [1.29, 1.82) is 0 Å². The molecule has 0 heterocycles. The predicted molar refractivity (Wildman–Crippen MR) is 105 cm³/mol. The van der Waals surface area contributed by atoms with Crippen molar-refractivity contribution >= 4 is 37.5 Å². The van der Waals surface area contributed by atoms with Gasteiger partial charge in [-0.1, -0.05) is 6.07 Å². The van der Waals surface area contributed by atoms with Crippen LogP contribution in [0.3, 0.4) is 0 Å². The van der Waals surface area contributed by atoms with Crippen molar-refractivity contribution in [3.8, 4) is 5.75 Å². The number of anilines is 1. The van der Waals surface area contributed by atoms with Gasteiger partial charge in [-0.3, -0.25) is 9.52 Å². The number of ether oxygens (including phenoxy) is 1. The lowest BCUT2D eigenvalue weighted by atomic mass is 10.2. The molecule has 2 aromatic carbocycles. The SMILES string of the molecule is CCOc1ccc(NS(=O)(=O)c2cccc(C(=O)N(C)CC)c2)cc1Br.